The van der Waals surface area contributed by atoms with Crippen LogP contribution in [0.2, 0.25) is 0 Å². The average Bonchev–Trinajstić information content (AvgIpc) is 2.64. The predicted octanol–water partition coefficient (Wildman–Crippen LogP) is 1.70. The highest BCUT2D eigenvalue weighted by molar-refractivity contribution is 5.79. The van der Waals surface area contributed by atoms with Gasteiger partial charge in [-0.1, -0.05) is 0 Å². The Kier molecular flexibility index (Phi) is 2.57. The van der Waals surface area contributed by atoms with Crippen molar-refractivity contribution >= 4 is 5.91 Å². The molecule has 3 nitrogen and oxygen atoms in total. The SMILES string of the molecule is O=C1CC(c2cnccc2C(F)(F)F)CN1. The summed E-state index contributed by atoms with van der Waals surface area (Å²) in [5.41, 5.74) is -0.614. The molecule has 2 heterocycles. The highest BCUT2D eigenvalue weighted by Gasteiger charge is 2.36. The van der Waals surface area contributed by atoms with Crippen molar-refractivity contribution in [3.8, 4) is 0 Å². The van der Waals surface area contributed by atoms with E-state index in [-0.39, 0.29) is 24.4 Å². The molecule has 16 heavy (non-hydrogen) atoms. The summed E-state index contributed by atoms with van der Waals surface area (Å²) in [5.74, 6) is -0.653. The fourth-order valence-electron chi connectivity index (χ4n) is 1.82. The van der Waals surface area contributed by atoms with Gasteiger partial charge >= 0.3 is 6.18 Å². The van der Waals surface area contributed by atoms with Gasteiger partial charge in [0.1, 0.15) is 0 Å². The smallest absolute Gasteiger partial charge is 0.355 e. The van der Waals surface area contributed by atoms with Crippen LogP contribution in [-0.2, 0) is 11.0 Å². The Bertz CT molecular complexity index is 417. The standard InChI is InChI=1S/C10H9F3N2O/c11-10(12,13)8-1-2-14-5-7(8)6-3-9(16)15-4-6/h1-2,5-6H,3-4H2,(H,15,16). The lowest BCUT2D eigenvalue weighted by atomic mass is 9.95. The van der Waals surface area contributed by atoms with E-state index in [1.807, 2.05) is 0 Å². The Morgan fingerprint density at radius 2 is 2.19 bits per heavy atom. The van der Waals surface area contributed by atoms with Crippen molar-refractivity contribution < 1.29 is 18.0 Å². The summed E-state index contributed by atoms with van der Waals surface area (Å²) < 4.78 is 38.0. The number of nitrogens with zero attached hydrogens (tertiary/aromatic N) is 1. The van der Waals surface area contributed by atoms with E-state index >= 15 is 0 Å². The number of alkyl halides is 3. The lowest BCUT2D eigenvalue weighted by Gasteiger charge is -2.15. The van der Waals surface area contributed by atoms with Crippen LogP contribution in [0.5, 0.6) is 0 Å². The van der Waals surface area contributed by atoms with Crippen molar-refractivity contribution in [1.82, 2.24) is 10.3 Å². The van der Waals surface area contributed by atoms with Crippen molar-refractivity contribution in [3.63, 3.8) is 0 Å². The van der Waals surface area contributed by atoms with Crippen LogP contribution in [0.1, 0.15) is 23.5 Å². The van der Waals surface area contributed by atoms with E-state index in [1.165, 1.54) is 6.20 Å². The van der Waals surface area contributed by atoms with Crippen LogP contribution in [0.3, 0.4) is 0 Å². The largest absolute Gasteiger partial charge is 0.416 e. The Hall–Kier alpha value is -1.59. The molecule has 0 aromatic carbocycles. The molecule has 1 aromatic rings. The first kappa shape index (κ1) is 10.9. The van der Waals surface area contributed by atoms with Crippen molar-refractivity contribution in [2.75, 3.05) is 6.54 Å². The Morgan fingerprint density at radius 3 is 2.75 bits per heavy atom. The molecule has 2 rings (SSSR count). The third kappa shape index (κ3) is 2.00. The molecule has 6 heteroatoms. The number of carbonyl (C=O) groups excluding carboxylic acids is 1. The summed E-state index contributed by atoms with van der Waals surface area (Å²) >= 11 is 0. The first-order valence-corrected chi connectivity index (χ1v) is 4.76. The van der Waals surface area contributed by atoms with Gasteiger partial charge in [-0.15, -0.1) is 0 Å². The fraction of sp³-hybridized carbons (Fsp3) is 0.400. The number of aromatic nitrogens is 1. The minimum atomic E-state index is -4.40. The van der Waals surface area contributed by atoms with Gasteiger partial charge in [0, 0.05) is 31.3 Å². The molecule has 0 saturated carbocycles. The maximum absolute atomic E-state index is 12.7. The van der Waals surface area contributed by atoms with Gasteiger partial charge < -0.3 is 5.32 Å². The molecule has 1 atom stereocenters. The van der Waals surface area contributed by atoms with Gasteiger partial charge in [0.25, 0.3) is 0 Å². The Morgan fingerprint density at radius 1 is 1.44 bits per heavy atom. The molecule has 1 unspecified atom stereocenters. The zero-order valence-electron chi connectivity index (χ0n) is 8.21. The number of pyridine rings is 1. The molecule has 1 aliphatic heterocycles. The third-order valence-corrected chi connectivity index (χ3v) is 2.57. The maximum atomic E-state index is 12.7. The second-order valence-corrected chi connectivity index (χ2v) is 3.67. The number of amides is 1. The molecular weight excluding hydrogens is 221 g/mol. The summed E-state index contributed by atoms with van der Waals surface area (Å²) in [7, 11) is 0. The maximum Gasteiger partial charge on any atom is 0.416 e. The van der Waals surface area contributed by atoms with Gasteiger partial charge in [-0.05, 0) is 11.6 Å². The third-order valence-electron chi connectivity index (χ3n) is 2.57. The van der Waals surface area contributed by atoms with Crippen LogP contribution in [0.25, 0.3) is 0 Å². The normalized spacial score (nSPS) is 20.9. The van der Waals surface area contributed by atoms with Crippen molar-refractivity contribution in [3.05, 3.63) is 29.6 Å². The number of halogens is 3. The molecule has 1 aliphatic rings. The number of hydrogen-bond acceptors (Lipinski definition) is 2. The summed E-state index contributed by atoms with van der Waals surface area (Å²) in [5, 5.41) is 2.51. The number of nitrogens with one attached hydrogen (secondary N) is 1. The lowest BCUT2D eigenvalue weighted by Crippen LogP contribution is -2.15. The van der Waals surface area contributed by atoms with Crippen LogP contribution in [0, 0.1) is 0 Å². The van der Waals surface area contributed by atoms with Gasteiger partial charge in [0.15, 0.2) is 0 Å². The first-order chi connectivity index (χ1) is 7.48. The zero-order chi connectivity index (χ0) is 11.8. The Labute approximate surface area is 89.7 Å². The molecule has 1 fully saturated rings. The highest BCUT2D eigenvalue weighted by atomic mass is 19.4. The minimum absolute atomic E-state index is 0.0911. The van der Waals surface area contributed by atoms with Gasteiger partial charge in [-0.2, -0.15) is 13.2 Å². The molecule has 1 amide bonds. The number of rotatable bonds is 1. The minimum Gasteiger partial charge on any atom is -0.355 e. The second-order valence-electron chi connectivity index (χ2n) is 3.67. The van der Waals surface area contributed by atoms with Crippen molar-refractivity contribution in [2.24, 2.45) is 0 Å². The summed E-state index contributed by atoms with van der Waals surface area (Å²) in [6.07, 6.45) is -2.01. The van der Waals surface area contributed by atoms with E-state index in [4.69, 9.17) is 0 Å². The predicted molar refractivity (Wildman–Crippen MR) is 49.6 cm³/mol. The summed E-state index contributed by atoms with van der Waals surface area (Å²) in [4.78, 5) is 14.7. The van der Waals surface area contributed by atoms with Crippen LogP contribution < -0.4 is 5.32 Å². The molecule has 0 radical (unpaired) electrons. The van der Waals surface area contributed by atoms with E-state index in [9.17, 15) is 18.0 Å². The number of hydrogen-bond donors (Lipinski definition) is 1. The molecule has 86 valence electrons. The van der Waals surface area contributed by atoms with E-state index in [1.54, 1.807) is 0 Å². The van der Waals surface area contributed by atoms with E-state index < -0.39 is 17.7 Å². The topological polar surface area (TPSA) is 42.0 Å². The van der Waals surface area contributed by atoms with Crippen LogP contribution in [0.15, 0.2) is 18.5 Å². The van der Waals surface area contributed by atoms with Gasteiger partial charge in [0.2, 0.25) is 5.91 Å². The van der Waals surface area contributed by atoms with Crippen LogP contribution in [0.4, 0.5) is 13.2 Å². The van der Waals surface area contributed by atoms with Gasteiger partial charge in [0.05, 0.1) is 5.56 Å². The molecule has 0 aliphatic carbocycles. The van der Waals surface area contributed by atoms with E-state index in [0.29, 0.717) is 0 Å². The van der Waals surface area contributed by atoms with Crippen LogP contribution >= 0.6 is 0 Å². The monoisotopic (exact) mass is 230 g/mol. The average molecular weight is 230 g/mol. The van der Waals surface area contributed by atoms with Crippen molar-refractivity contribution in [1.29, 1.82) is 0 Å². The number of carbonyl (C=O) groups is 1. The van der Waals surface area contributed by atoms with Gasteiger partial charge in [-0.25, -0.2) is 0 Å². The first-order valence-electron chi connectivity index (χ1n) is 4.76. The second kappa shape index (κ2) is 3.77. The molecule has 1 N–H and O–H groups in total. The zero-order valence-corrected chi connectivity index (χ0v) is 8.21. The lowest BCUT2D eigenvalue weighted by molar-refractivity contribution is -0.138. The molecule has 1 aromatic heterocycles. The summed E-state index contributed by atoms with van der Waals surface area (Å²) in [6.45, 7) is 0.244. The van der Waals surface area contributed by atoms with Gasteiger partial charge in [-0.3, -0.25) is 9.78 Å². The fourth-order valence-corrected chi connectivity index (χ4v) is 1.82. The molecule has 0 spiro atoms. The van der Waals surface area contributed by atoms with Crippen LogP contribution in [-0.4, -0.2) is 17.4 Å². The quantitative estimate of drug-likeness (QED) is 0.797. The highest BCUT2D eigenvalue weighted by Crippen LogP contribution is 2.36. The molecular formula is C10H9F3N2O. The molecule has 0 bridgehead atoms. The Balaban J connectivity index is 2.37. The van der Waals surface area contributed by atoms with Crippen molar-refractivity contribution in [2.45, 2.75) is 18.5 Å². The van der Waals surface area contributed by atoms with E-state index in [0.717, 1.165) is 12.3 Å². The molecule has 1 saturated heterocycles. The summed E-state index contributed by atoms with van der Waals surface area (Å²) in [6, 6.07) is 0.943. The van der Waals surface area contributed by atoms with E-state index in [2.05, 4.69) is 10.3 Å².